The molecule has 0 saturated carbocycles. The molecule has 0 aliphatic rings. The Morgan fingerprint density at radius 3 is 2.71 bits per heavy atom. The summed E-state index contributed by atoms with van der Waals surface area (Å²) in [4.78, 5) is 16.3. The van der Waals surface area contributed by atoms with E-state index in [9.17, 15) is 4.79 Å². The van der Waals surface area contributed by atoms with Crippen LogP contribution in [-0.4, -0.2) is 36.0 Å². The summed E-state index contributed by atoms with van der Waals surface area (Å²) in [5.41, 5.74) is 1.87. The second-order valence-corrected chi connectivity index (χ2v) is 6.82. The van der Waals surface area contributed by atoms with E-state index >= 15 is 0 Å². The van der Waals surface area contributed by atoms with Crippen LogP contribution in [0.1, 0.15) is 11.5 Å². The third-order valence-electron chi connectivity index (χ3n) is 3.90. The van der Waals surface area contributed by atoms with Crippen LogP contribution in [0.4, 0.5) is 0 Å². The minimum absolute atomic E-state index is 0.0808. The van der Waals surface area contributed by atoms with Crippen molar-refractivity contribution in [2.45, 2.75) is 12.3 Å². The first-order valence-corrected chi connectivity index (χ1v) is 9.78. The van der Waals surface area contributed by atoms with Gasteiger partial charge in [0.25, 0.3) is 0 Å². The van der Waals surface area contributed by atoms with Gasteiger partial charge in [-0.2, -0.15) is 4.98 Å². The van der Waals surface area contributed by atoms with E-state index in [2.05, 4.69) is 15.5 Å². The zero-order valence-electron chi connectivity index (χ0n) is 15.7. The molecule has 0 aliphatic heterocycles. The minimum atomic E-state index is -0.0808. The first-order chi connectivity index (χ1) is 13.7. The molecule has 0 aliphatic carbocycles. The Labute approximate surface area is 167 Å². The van der Waals surface area contributed by atoms with Crippen LogP contribution in [0, 0.1) is 0 Å². The van der Waals surface area contributed by atoms with E-state index < -0.39 is 0 Å². The SMILES string of the molecule is COc1ccc(-c2noc(CNC(=O)CSCc3ccccc3)n2)c(OC)c1. The molecule has 3 aromatic rings. The summed E-state index contributed by atoms with van der Waals surface area (Å²) in [7, 11) is 3.15. The summed E-state index contributed by atoms with van der Waals surface area (Å²) in [5, 5.41) is 6.76. The number of ether oxygens (including phenoxy) is 2. The summed E-state index contributed by atoms with van der Waals surface area (Å²) < 4.78 is 15.8. The fourth-order valence-electron chi connectivity index (χ4n) is 2.48. The first kappa shape index (κ1) is 19.8. The molecule has 0 radical (unpaired) electrons. The molecule has 1 aromatic heterocycles. The van der Waals surface area contributed by atoms with Gasteiger partial charge in [0.05, 0.1) is 32.1 Å². The number of nitrogens with zero attached hydrogens (tertiary/aromatic N) is 2. The van der Waals surface area contributed by atoms with Crippen LogP contribution in [0.2, 0.25) is 0 Å². The van der Waals surface area contributed by atoms with Crippen LogP contribution in [0.5, 0.6) is 11.5 Å². The highest BCUT2D eigenvalue weighted by Crippen LogP contribution is 2.31. The molecule has 0 spiro atoms. The molecule has 3 rings (SSSR count). The molecule has 1 heterocycles. The highest BCUT2D eigenvalue weighted by molar-refractivity contribution is 7.99. The maximum atomic E-state index is 12.0. The largest absolute Gasteiger partial charge is 0.497 e. The van der Waals surface area contributed by atoms with Gasteiger partial charge >= 0.3 is 0 Å². The van der Waals surface area contributed by atoms with Gasteiger partial charge in [0, 0.05) is 11.8 Å². The predicted molar refractivity (Wildman–Crippen MR) is 107 cm³/mol. The van der Waals surface area contributed by atoms with E-state index in [0.29, 0.717) is 34.5 Å². The Balaban J connectivity index is 1.51. The smallest absolute Gasteiger partial charge is 0.246 e. The van der Waals surface area contributed by atoms with Gasteiger partial charge in [0.1, 0.15) is 11.5 Å². The van der Waals surface area contributed by atoms with Gasteiger partial charge in [-0.1, -0.05) is 35.5 Å². The Bertz CT molecular complexity index is 915. The number of benzene rings is 2. The molecular weight excluding hydrogens is 378 g/mol. The lowest BCUT2D eigenvalue weighted by atomic mass is 10.2. The molecule has 0 fully saturated rings. The zero-order valence-corrected chi connectivity index (χ0v) is 16.5. The monoisotopic (exact) mass is 399 g/mol. The van der Waals surface area contributed by atoms with Crippen molar-refractivity contribution in [2.75, 3.05) is 20.0 Å². The molecule has 0 bridgehead atoms. The topological polar surface area (TPSA) is 86.5 Å². The lowest BCUT2D eigenvalue weighted by Gasteiger charge is -2.07. The van der Waals surface area contributed by atoms with E-state index in [0.717, 1.165) is 5.75 Å². The summed E-state index contributed by atoms with van der Waals surface area (Å²) >= 11 is 1.55. The quantitative estimate of drug-likeness (QED) is 0.591. The van der Waals surface area contributed by atoms with Gasteiger partial charge in [-0.3, -0.25) is 4.79 Å². The molecule has 2 aromatic carbocycles. The number of hydrogen-bond acceptors (Lipinski definition) is 7. The van der Waals surface area contributed by atoms with E-state index in [1.165, 1.54) is 5.56 Å². The van der Waals surface area contributed by atoms with Crippen LogP contribution < -0.4 is 14.8 Å². The van der Waals surface area contributed by atoms with Gasteiger partial charge in [-0.05, 0) is 17.7 Å². The second-order valence-electron chi connectivity index (χ2n) is 5.83. The second kappa shape index (κ2) is 9.80. The van der Waals surface area contributed by atoms with Crippen LogP contribution in [0.25, 0.3) is 11.4 Å². The van der Waals surface area contributed by atoms with Crippen LogP contribution in [0.3, 0.4) is 0 Å². The van der Waals surface area contributed by atoms with Crippen LogP contribution in [0.15, 0.2) is 53.1 Å². The van der Waals surface area contributed by atoms with Crippen LogP contribution in [-0.2, 0) is 17.1 Å². The molecule has 1 N–H and O–H groups in total. The third-order valence-corrected chi connectivity index (χ3v) is 4.90. The Kier molecular flexibility index (Phi) is 6.91. The number of carbonyl (C=O) groups is 1. The third kappa shape index (κ3) is 5.26. The summed E-state index contributed by atoms with van der Waals surface area (Å²) in [6, 6.07) is 15.4. The number of aromatic nitrogens is 2. The van der Waals surface area contributed by atoms with Crippen molar-refractivity contribution >= 4 is 17.7 Å². The summed E-state index contributed by atoms with van der Waals surface area (Å²) in [5.74, 6) is 3.04. The molecule has 1 amide bonds. The number of thioether (sulfide) groups is 1. The number of nitrogens with one attached hydrogen (secondary N) is 1. The van der Waals surface area contributed by atoms with Crippen molar-refractivity contribution < 1.29 is 18.8 Å². The Hall–Kier alpha value is -3.00. The number of amides is 1. The Morgan fingerprint density at radius 1 is 1.14 bits per heavy atom. The first-order valence-electron chi connectivity index (χ1n) is 8.63. The van der Waals surface area contributed by atoms with Crippen molar-refractivity contribution in [1.29, 1.82) is 0 Å². The molecule has 8 heteroatoms. The molecular formula is C20H21N3O4S. The van der Waals surface area contributed by atoms with E-state index in [1.807, 2.05) is 30.3 Å². The number of carbonyl (C=O) groups excluding carboxylic acids is 1. The number of hydrogen-bond donors (Lipinski definition) is 1. The van der Waals surface area contributed by atoms with Crippen molar-refractivity contribution in [2.24, 2.45) is 0 Å². The highest BCUT2D eigenvalue weighted by atomic mass is 32.2. The van der Waals surface area contributed by atoms with Crippen molar-refractivity contribution in [1.82, 2.24) is 15.5 Å². The molecule has 28 heavy (non-hydrogen) atoms. The molecule has 7 nitrogen and oxygen atoms in total. The van der Waals surface area contributed by atoms with E-state index in [4.69, 9.17) is 14.0 Å². The van der Waals surface area contributed by atoms with Gasteiger partial charge in [-0.15, -0.1) is 11.8 Å². The van der Waals surface area contributed by atoms with Gasteiger partial charge < -0.3 is 19.3 Å². The predicted octanol–water partition coefficient (Wildman–Crippen LogP) is 3.30. The van der Waals surface area contributed by atoms with Crippen molar-refractivity contribution in [3.05, 3.63) is 60.0 Å². The zero-order chi connectivity index (χ0) is 19.8. The van der Waals surface area contributed by atoms with Crippen molar-refractivity contribution in [3.63, 3.8) is 0 Å². The normalized spacial score (nSPS) is 10.5. The van der Waals surface area contributed by atoms with Gasteiger partial charge in [-0.25, -0.2) is 0 Å². The number of rotatable bonds is 9. The van der Waals surface area contributed by atoms with Crippen molar-refractivity contribution in [3.8, 4) is 22.9 Å². The van der Waals surface area contributed by atoms with E-state index in [1.54, 1.807) is 44.2 Å². The van der Waals surface area contributed by atoms with Crippen LogP contribution >= 0.6 is 11.8 Å². The molecule has 0 atom stereocenters. The summed E-state index contributed by atoms with van der Waals surface area (Å²) in [6.07, 6.45) is 0. The minimum Gasteiger partial charge on any atom is -0.497 e. The average molecular weight is 399 g/mol. The molecule has 0 unspecified atom stereocenters. The lowest BCUT2D eigenvalue weighted by Crippen LogP contribution is -2.24. The van der Waals surface area contributed by atoms with Gasteiger partial charge in [0.15, 0.2) is 0 Å². The maximum absolute atomic E-state index is 12.0. The average Bonchev–Trinajstić information content (AvgIpc) is 3.21. The van der Waals surface area contributed by atoms with E-state index in [-0.39, 0.29) is 12.5 Å². The molecule has 0 saturated heterocycles. The Morgan fingerprint density at radius 2 is 1.96 bits per heavy atom. The standard InChI is InChI=1S/C20H21N3O4S/c1-25-15-8-9-16(17(10-15)26-2)20-22-19(27-23-20)11-21-18(24)13-28-12-14-6-4-3-5-7-14/h3-10H,11-13H2,1-2H3,(H,21,24). The maximum Gasteiger partial charge on any atom is 0.246 e. The highest BCUT2D eigenvalue weighted by Gasteiger charge is 2.15. The lowest BCUT2D eigenvalue weighted by molar-refractivity contribution is -0.118. The number of methoxy groups -OCH3 is 2. The summed E-state index contributed by atoms with van der Waals surface area (Å²) in [6.45, 7) is 0.177. The van der Waals surface area contributed by atoms with Gasteiger partial charge in [0.2, 0.25) is 17.6 Å². The fraction of sp³-hybridized carbons (Fsp3) is 0.250. The molecule has 146 valence electrons. The fourth-order valence-corrected chi connectivity index (χ4v) is 3.30.